The number of halogens is 2. The lowest BCUT2D eigenvalue weighted by Gasteiger charge is -2.11. The lowest BCUT2D eigenvalue weighted by atomic mass is 10.2. The van der Waals surface area contributed by atoms with E-state index < -0.39 is 0 Å². The van der Waals surface area contributed by atoms with E-state index in [0.29, 0.717) is 40.9 Å². The first-order chi connectivity index (χ1) is 14.0. The molecule has 3 rings (SSSR count). The third kappa shape index (κ3) is 5.21. The molecule has 0 fully saturated rings. The fourth-order valence-electron chi connectivity index (χ4n) is 2.66. The van der Waals surface area contributed by atoms with Crippen molar-refractivity contribution in [2.45, 2.75) is 20.0 Å². The second kappa shape index (κ2) is 9.67. The molecule has 2 heterocycles. The van der Waals surface area contributed by atoms with E-state index in [4.69, 9.17) is 27.9 Å². The van der Waals surface area contributed by atoms with Crippen molar-refractivity contribution in [2.24, 2.45) is 12.0 Å². The van der Waals surface area contributed by atoms with Crippen LogP contribution in [0, 0.1) is 0 Å². The minimum Gasteiger partial charge on any atom is -0.497 e. The van der Waals surface area contributed by atoms with E-state index in [0.717, 1.165) is 23.6 Å². The van der Waals surface area contributed by atoms with Crippen LogP contribution in [0.1, 0.15) is 18.4 Å². The number of hydrogen-bond acceptors (Lipinski definition) is 4. The number of aromatic nitrogens is 4. The number of ether oxygens (including phenoxy) is 1. The van der Waals surface area contributed by atoms with E-state index in [-0.39, 0.29) is 0 Å². The number of nitrogens with one attached hydrogen (secondary N) is 3. The average Bonchev–Trinajstić information content (AvgIpc) is 3.31. The zero-order valence-corrected chi connectivity index (χ0v) is 18.0. The summed E-state index contributed by atoms with van der Waals surface area (Å²) in [4.78, 5) is 9.06. The number of guanidine groups is 1. The molecule has 0 saturated carbocycles. The first-order valence-corrected chi connectivity index (χ1v) is 9.84. The molecule has 0 aliphatic rings. The Kier molecular flexibility index (Phi) is 7.00. The third-order valence-electron chi connectivity index (χ3n) is 4.26. The summed E-state index contributed by atoms with van der Waals surface area (Å²) in [6.07, 6.45) is 0. The van der Waals surface area contributed by atoms with Gasteiger partial charge in [0.15, 0.2) is 11.8 Å². The van der Waals surface area contributed by atoms with Crippen LogP contribution in [0.2, 0.25) is 10.2 Å². The van der Waals surface area contributed by atoms with Gasteiger partial charge in [0, 0.05) is 24.8 Å². The number of aromatic amines is 1. The van der Waals surface area contributed by atoms with Crippen molar-refractivity contribution in [3.8, 4) is 17.1 Å². The molecule has 8 nitrogen and oxygen atoms in total. The summed E-state index contributed by atoms with van der Waals surface area (Å²) in [7, 11) is 3.50. The molecular formula is C19H23Cl2N7O. The highest BCUT2D eigenvalue weighted by Gasteiger charge is 2.10. The summed E-state index contributed by atoms with van der Waals surface area (Å²) in [5.41, 5.74) is 1.85. The molecule has 0 aliphatic carbocycles. The SMILES string of the molecule is CCNC(=NCc1nc(-c2ccc(OC)cc2)n[nH]1)NCc1cc(Cl)c(Cl)n1C. The van der Waals surface area contributed by atoms with Crippen molar-refractivity contribution in [3.05, 3.63) is 52.0 Å². The zero-order chi connectivity index (χ0) is 20.8. The van der Waals surface area contributed by atoms with E-state index in [2.05, 4.69) is 30.8 Å². The van der Waals surface area contributed by atoms with Gasteiger partial charge in [-0.15, -0.1) is 0 Å². The van der Waals surface area contributed by atoms with Gasteiger partial charge in [0.1, 0.15) is 23.3 Å². The fourth-order valence-corrected chi connectivity index (χ4v) is 3.08. The van der Waals surface area contributed by atoms with Crippen LogP contribution in [0.25, 0.3) is 11.4 Å². The quantitative estimate of drug-likeness (QED) is 0.390. The summed E-state index contributed by atoms with van der Waals surface area (Å²) in [5.74, 6) is 2.72. The standard InChI is InChI=1S/C19H23Cl2N7O/c1-4-22-19(23-10-13-9-15(20)17(21)28(13)2)24-11-16-25-18(27-26-16)12-5-7-14(29-3)8-6-12/h5-9H,4,10-11H2,1-3H3,(H2,22,23,24)(H,25,26,27). The number of aliphatic imine (C=N–C) groups is 1. The van der Waals surface area contributed by atoms with Crippen molar-refractivity contribution in [1.29, 1.82) is 0 Å². The van der Waals surface area contributed by atoms with Gasteiger partial charge in [0.2, 0.25) is 0 Å². The van der Waals surface area contributed by atoms with Gasteiger partial charge >= 0.3 is 0 Å². The van der Waals surface area contributed by atoms with Crippen LogP contribution in [0.15, 0.2) is 35.3 Å². The minimum absolute atomic E-state index is 0.354. The number of nitrogens with zero attached hydrogens (tertiary/aromatic N) is 4. The molecule has 0 unspecified atom stereocenters. The van der Waals surface area contributed by atoms with Gasteiger partial charge in [-0.2, -0.15) is 5.10 Å². The number of H-pyrrole nitrogens is 1. The Morgan fingerprint density at radius 3 is 2.62 bits per heavy atom. The molecule has 1 aromatic carbocycles. The smallest absolute Gasteiger partial charge is 0.192 e. The molecular weight excluding hydrogens is 413 g/mol. The Bertz CT molecular complexity index is 979. The molecule has 29 heavy (non-hydrogen) atoms. The normalized spacial score (nSPS) is 11.6. The van der Waals surface area contributed by atoms with Gasteiger partial charge in [-0.3, -0.25) is 5.10 Å². The number of hydrogen-bond donors (Lipinski definition) is 3. The van der Waals surface area contributed by atoms with Crippen LogP contribution in [0.3, 0.4) is 0 Å². The van der Waals surface area contributed by atoms with E-state index in [1.54, 1.807) is 7.11 Å². The molecule has 0 saturated heterocycles. The maximum Gasteiger partial charge on any atom is 0.192 e. The van der Waals surface area contributed by atoms with Gasteiger partial charge in [-0.1, -0.05) is 23.2 Å². The van der Waals surface area contributed by atoms with Gasteiger partial charge in [-0.05, 0) is 37.3 Å². The molecule has 0 radical (unpaired) electrons. The lowest BCUT2D eigenvalue weighted by Crippen LogP contribution is -2.37. The fraction of sp³-hybridized carbons (Fsp3) is 0.316. The highest BCUT2D eigenvalue weighted by atomic mass is 35.5. The van der Waals surface area contributed by atoms with Crippen molar-refractivity contribution in [3.63, 3.8) is 0 Å². The molecule has 2 aromatic heterocycles. The highest BCUT2D eigenvalue weighted by Crippen LogP contribution is 2.25. The van der Waals surface area contributed by atoms with Crippen LogP contribution in [0.4, 0.5) is 0 Å². The number of benzene rings is 1. The predicted octanol–water partition coefficient (Wildman–Crippen LogP) is 3.38. The Labute approximate surface area is 179 Å². The van der Waals surface area contributed by atoms with E-state index in [1.165, 1.54) is 0 Å². The van der Waals surface area contributed by atoms with Crippen molar-refractivity contribution in [2.75, 3.05) is 13.7 Å². The number of rotatable bonds is 7. The summed E-state index contributed by atoms with van der Waals surface area (Å²) < 4.78 is 7.00. The monoisotopic (exact) mass is 435 g/mol. The number of methoxy groups -OCH3 is 1. The maximum absolute atomic E-state index is 6.12. The molecule has 3 aromatic rings. The van der Waals surface area contributed by atoms with Gasteiger partial charge < -0.3 is 19.9 Å². The zero-order valence-electron chi connectivity index (χ0n) is 16.5. The molecule has 10 heteroatoms. The molecule has 0 atom stereocenters. The summed E-state index contributed by atoms with van der Waals surface area (Å²) in [5, 5.41) is 14.7. The third-order valence-corrected chi connectivity index (χ3v) is 5.11. The Balaban J connectivity index is 1.65. The molecule has 0 bridgehead atoms. The summed E-state index contributed by atoms with van der Waals surface area (Å²) in [6.45, 7) is 3.62. The second-order valence-electron chi connectivity index (χ2n) is 6.22. The first kappa shape index (κ1) is 21.0. The van der Waals surface area contributed by atoms with E-state index in [1.807, 2.05) is 48.9 Å². The average molecular weight is 436 g/mol. The van der Waals surface area contributed by atoms with Crippen LogP contribution < -0.4 is 15.4 Å². The lowest BCUT2D eigenvalue weighted by molar-refractivity contribution is 0.415. The van der Waals surface area contributed by atoms with Crippen molar-refractivity contribution < 1.29 is 4.74 Å². The predicted molar refractivity (Wildman–Crippen MR) is 115 cm³/mol. The largest absolute Gasteiger partial charge is 0.497 e. The van der Waals surface area contributed by atoms with Gasteiger partial charge in [0.05, 0.1) is 18.7 Å². The molecule has 0 aliphatic heterocycles. The maximum atomic E-state index is 6.12. The topological polar surface area (TPSA) is 92.2 Å². The van der Waals surface area contributed by atoms with Crippen molar-refractivity contribution in [1.82, 2.24) is 30.4 Å². The van der Waals surface area contributed by atoms with Crippen LogP contribution in [0.5, 0.6) is 5.75 Å². The van der Waals surface area contributed by atoms with E-state index >= 15 is 0 Å². The second-order valence-corrected chi connectivity index (χ2v) is 6.98. The van der Waals surface area contributed by atoms with Gasteiger partial charge in [0.25, 0.3) is 0 Å². The first-order valence-electron chi connectivity index (χ1n) is 9.09. The van der Waals surface area contributed by atoms with E-state index in [9.17, 15) is 0 Å². The minimum atomic E-state index is 0.354. The summed E-state index contributed by atoms with van der Waals surface area (Å²) >= 11 is 12.2. The van der Waals surface area contributed by atoms with Crippen LogP contribution in [-0.4, -0.2) is 39.4 Å². The van der Waals surface area contributed by atoms with Gasteiger partial charge in [-0.25, -0.2) is 9.98 Å². The molecule has 3 N–H and O–H groups in total. The van der Waals surface area contributed by atoms with Crippen molar-refractivity contribution >= 4 is 29.2 Å². The Morgan fingerprint density at radius 2 is 2.00 bits per heavy atom. The molecule has 154 valence electrons. The van der Waals surface area contributed by atoms with Crippen LogP contribution in [-0.2, 0) is 20.1 Å². The molecule has 0 spiro atoms. The molecule has 0 amide bonds. The Morgan fingerprint density at radius 1 is 1.24 bits per heavy atom. The highest BCUT2D eigenvalue weighted by molar-refractivity contribution is 6.41. The van der Waals surface area contributed by atoms with Crippen LogP contribution >= 0.6 is 23.2 Å². The summed E-state index contributed by atoms with van der Waals surface area (Å²) in [6, 6.07) is 9.41. The Hall–Kier alpha value is -2.71.